The van der Waals surface area contributed by atoms with Gasteiger partial charge in [0, 0.05) is 36.1 Å². The molecule has 1 aliphatic rings. The Morgan fingerprint density at radius 1 is 1.13 bits per heavy atom. The Hall–Kier alpha value is -2.96. The van der Waals surface area contributed by atoms with Gasteiger partial charge in [0.1, 0.15) is 10.6 Å². The largest absolute Gasteiger partial charge is 0.462 e. The maximum atomic E-state index is 13.0. The van der Waals surface area contributed by atoms with E-state index < -0.39 is 5.97 Å². The number of esters is 1. The van der Waals surface area contributed by atoms with Crippen LogP contribution in [0.2, 0.25) is 0 Å². The molecule has 0 spiro atoms. The van der Waals surface area contributed by atoms with E-state index in [1.807, 2.05) is 53.9 Å². The number of hydrogen-bond acceptors (Lipinski definition) is 5. The van der Waals surface area contributed by atoms with E-state index in [2.05, 4.69) is 17.1 Å². The second kappa shape index (κ2) is 9.45. The lowest BCUT2D eigenvalue weighted by atomic mass is 10.0. The number of ether oxygens (including phenoxy) is 1. The molecule has 0 saturated carbocycles. The Kier molecular flexibility index (Phi) is 6.49. The van der Waals surface area contributed by atoms with Gasteiger partial charge in [0.15, 0.2) is 0 Å². The second-order valence-electron chi connectivity index (χ2n) is 7.89. The molecule has 6 heteroatoms. The Labute approximate surface area is 186 Å². The summed E-state index contributed by atoms with van der Waals surface area (Å²) in [6.45, 7) is 7.32. The van der Waals surface area contributed by atoms with Crippen molar-refractivity contribution >= 4 is 28.2 Å². The number of carbonyl (C=O) groups excluding carboxylic acids is 2. The van der Waals surface area contributed by atoms with Crippen molar-refractivity contribution in [3.63, 3.8) is 0 Å². The van der Waals surface area contributed by atoms with Gasteiger partial charge in [0.25, 0.3) is 5.91 Å². The van der Waals surface area contributed by atoms with E-state index in [0.717, 1.165) is 42.2 Å². The van der Waals surface area contributed by atoms with E-state index >= 15 is 0 Å². The smallest absolute Gasteiger partial charge is 0.341 e. The second-order valence-corrected chi connectivity index (χ2v) is 8.77. The van der Waals surface area contributed by atoms with Gasteiger partial charge in [-0.05, 0) is 36.1 Å². The van der Waals surface area contributed by atoms with Gasteiger partial charge in [0.2, 0.25) is 0 Å². The van der Waals surface area contributed by atoms with Gasteiger partial charge in [-0.25, -0.2) is 4.79 Å². The molecule has 2 aromatic carbocycles. The van der Waals surface area contributed by atoms with Gasteiger partial charge in [-0.15, -0.1) is 11.3 Å². The molecule has 0 unspecified atom stereocenters. The van der Waals surface area contributed by atoms with Gasteiger partial charge in [0.05, 0.1) is 6.61 Å². The molecule has 0 radical (unpaired) electrons. The lowest BCUT2D eigenvalue weighted by molar-refractivity contribution is 0.0529. The molecule has 3 aromatic rings. The van der Waals surface area contributed by atoms with Crippen molar-refractivity contribution in [3.05, 3.63) is 76.7 Å². The zero-order chi connectivity index (χ0) is 21.8. The number of hydrogen-bond donors (Lipinski definition) is 1. The third kappa shape index (κ3) is 4.86. The molecule has 5 nitrogen and oxygen atoms in total. The Balaban J connectivity index is 1.57. The fraction of sp³-hybridized carbons (Fsp3) is 0.280. The third-order valence-electron chi connectivity index (χ3n) is 5.32. The van der Waals surface area contributed by atoms with Crippen LogP contribution < -0.4 is 5.32 Å². The standard InChI is InChI=1S/C25H26N2O3S/c1-3-30-25(29)22-21(19-9-5-4-6-10-19)16-31-24(22)26-23(28)20-11-7-8-18(12-20)15-27-13-17(2)14-27/h4-12,16-17H,3,13-15H2,1-2H3,(H,26,28). The number of thiophene rings is 1. The van der Waals surface area contributed by atoms with Crippen LogP contribution in [0.4, 0.5) is 5.00 Å². The normalized spacial score (nSPS) is 14.1. The van der Waals surface area contributed by atoms with E-state index in [-0.39, 0.29) is 12.5 Å². The molecule has 1 amide bonds. The maximum Gasteiger partial charge on any atom is 0.341 e. The van der Waals surface area contributed by atoms with Crippen LogP contribution in [-0.4, -0.2) is 36.5 Å². The summed E-state index contributed by atoms with van der Waals surface area (Å²) in [5.41, 5.74) is 3.77. The van der Waals surface area contributed by atoms with Crippen LogP contribution in [0.25, 0.3) is 11.1 Å². The molecule has 160 valence electrons. The third-order valence-corrected chi connectivity index (χ3v) is 6.21. The first-order valence-corrected chi connectivity index (χ1v) is 11.4. The molecule has 0 atom stereocenters. The number of amides is 1. The first-order chi connectivity index (χ1) is 15.0. The highest BCUT2D eigenvalue weighted by atomic mass is 32.1. The topological polar surface area (TPSA) is 58.6 Å². The number of likely N-dealkylation sites (tertiary alicyclic amines) is 1. The molecule has 1 aromatic heterocycles. The first-order valence-electron chi connectivity index (χ1n) is 10.5. The SMILES string of the molecule is CCOC(=O)c1c(-c2ccccc2)csc1NC(=O)c1cccc(CN2CC(C)C2)c1. The van der Waals surface area contributed by atoms with Gasteiger partial charge < -0.3 is 10.1 Å². The van der Waals surface area contributed by atoms with E-state index in [0.29, 0.717) is 16.1 Å². The van der Waals surface area contributed by atoms with Crippen molar-refractivity contribution in [2.75, 3.05) is 25.0 Å². The van der Waals surface area contributed by atoms with Gasteiger partial charge in [-0.2, -0.15) is 0 Å². The van der Waals surface area contributed by atoms with Gasteiger partial charge in [-0.3, -0.25) is 9.69 Å². The molecule has 0 aliphatic carbocycles. The van der Waals surface area contributed by atoms with Gasteiger partial charge >= 0.3 is 5.97 Å². The summed E-state index contributed by atoms with van der Waals surface area (Å²) < 4.78 is 5.28. The monoisotopic (exact) mass is 434 g/mol. The van der Waals surface area contributed by atoms with Crippen molar-refractivity contribution in [2.45, 2.75) is 20.4 Å². The molecular weight excluding hydrogens is 408 g/mol. The quantitative estimate of drug-likeness (QED) is 0.513. The molecular formula is C25H26N2O3S. The number of nitrogens with one attached hydrogen (secondary N) is 1. The minimum atomic E-state index is -0.432. The minimum Gasteiger partial charge on any atom is -0.462 e. The molecule has 1 saturated heterocycles. The van der Waals surface area contributed by atoms with Crippen molar-refractivity contribution < 1.29 is 14.3 Å². The van der Waals surface area contributed by atoms with E-state index in [1.165, 1.54) is 11.3 Å². The highest BCUT2D eigenvalue weighted by Crippen LogP contribution is 2.36. The number of anilines is 1. The Morgan fingerprint density at radius 2 is 1.90 bits per heavy atom. The summed E-state index contributed by atoms with van der Waals surface area (Å²) in [5.74, 6) is 0.0785. The molecule has 1 fully saturated rings. The predicted molar refractivity (Wildman–Crippen MR) is 125 cm³/mol. The predicted octanol–water partition coefficient (Wildman–Crippen LogP) is 5.30. The highest BCUT2D eigenvalue weighted by Gasteiger charge is 2.24. The van der Waals surface area contributed by atoms with Crippen LogP contribution >= 0.6 is 11.3 Å². The van der Waals surface area contributed by atoms with E-state index in [1.54, 1.807) is 13.0 Å². The zero-order valence-electron chi connectivity index (χ0n) is 17.8. The van der Waals surface area contributed by atoms with Crippen molar-refractivity contribution in [1.29, 1.82) is 0 Å². The lowest BCUT2D eigenvalue weighted by Gasteiger charge is -2.37. The van der Waals surface area contributed by atoms with E-state index in [4.69, 9.17) is 4.74 Å². The van der Waals surface area contributed by atoms with Crippen LogP contribution in [-0.2, 0) is 11.3 Å². The summed E-state index contributed by atoms with van der Waals surface area (Å²) >= 11 is 1.34. The van der Waals surface area contributed by atoms with Crippen LogP contribution in [0.3, 0.4) is 0 Å². The average molecular weight is 435 g/mol. The average Bonchev–Trinajstić information content (AvgIpc) is 3.17. The summed E-state index contributed by atoms with van der Waals surface area (Å²) in [6, 6.07) is 17.3. The molecule has 0 bridgehead atoms. The summed E-state index contributed by atoms with van der Waals surface area (Å²) in [4.78, 5) is 28.1. The molecule has 2 heterocycles. The molecule has 1 N–H and O–H groups in total. The fourth-order valence-electron chi connectivity index (χ4n) is 3.89. The summed E-state index contributed by atoms with van der Waals surface area (Å²) in [7, 11) is 0. The van der Waals surface area contributed by atoms with Crippen LogP contribution in [0.5, 0.6) is 0 Å². The molecule has 31 heavy (non-hydrogen) atoms. The number of benzene rings is 2. The van der Waals surface area contributed by atoms with Gasteiger partial charge in [-0.1, -0.05) is 49.4 Å². The molecule has 4 rings (SSSR count). The Bertz CT molecular complexity index is 1070. The van der Waals surface area contributed by atoms with Crippen molar-refractivity contribution in [1.82, 2.24) is 4.90 Å². The maximum absolute atomic E-state index is 13.0. The molecule has 1 aliphatic heterocycles. The zero-order valence-corrected chi connectivity index (χ0v) is 18.6. The van der Waals surface area contributed by atoms with E-state index in [9.17, 15) is 9.59 Å². The highest BCUT2D eigenvalue weighted by molar-refractivity contribution is 7.15. The summed E-state index contributed by atoms with van der Waals surface area (Å²) in [6.07, 6.45) is 0. The van der Waals surface area contributed by atoms with Crippen LogP contribution in [0.1, 0.15) is 40.1 Å². The number of rotatable bonds is 7. The summed E-state index contributed by atoms with van der Waals surface area (Å²) in [5, 5.41) is 5.33. The first kappa shape index (κ1) is 21.3. The fourth-order valence-corrected chi connectivity index (χ4v) is 4.84. The number of carbonyl (C=O) groups is 2. The van der Waals surface area contributed by atoms with Crippen LogP contribution in [0.15, 0.2) is 60.0 Å². The number of nitrogens with zero attached hydrogens (tertiary/aromatic N) is 1. The minimum absolute atomic E-state index is 0.231. The van der Waals surface area contributed by atoms with Crippen molar-refractivity contribution in [3.8, 4) is 11.1 Å². The lowest BCUT2D eigenvalue weighted by Crippen LogP contribution is -2.44. The van der Waals surface area contributed by atoms with Crippen molar-refractivity contribution in [2.24, 2.45) is 5.92 Å². The Morgan fingerprint density at radius 3 is 2.61 bits per heavy atom. The van der Waals surface area contributed by atoms with Crippen LogP contribution in [0, 0.1) is 5.92 Å².